The Kier molecular flexibility index (Phi) is 5.55. The zero-order valence-corrected chi connectivity index (χ0v) is 17.3. The molecule has 4 rings (SSSR count). The first kappa shape index (κ1) is 18.8. The Bertz CT molecular complexity index is 1110. The van der Waals surface area contributed by atoms with E-state index in [0.29, 0.717) is 6.61 Å². The van der Waals surface area contributed by atoms with Gasteiger partial charge in [0.1, 0.15) is 12.4 Å². The van der Waals surface area contributed by atoms with Crippen LogP contribution in [0.3, 0.4) is 0 Å². The molecule has 0 bridgehead atoms. The predicted octanol–water partition coefficient (Wildman–Crippen LogP) is 5.80. The van der Waals surface area contributed by atoms with E-state index in [9.17, 15) is 0 Å². The number of fused-ring (bicyclic) bond motifs is 1. The molecule has 6 heteroatoms. The number of ether oxygens (including phenoxy) is 1. The van der Waals surface area contributed by atoms with Crippen molar-refractivity contribution in [3.63, 3.8) is 0 Å². The van der Waals surface area contributed by atoms with Gasteiger partial charge in [-0.2, -0.15) is 0 Å². The molecule has 0 amide bonds. The van der Waals surface area contributed by atoms with Crippen LogP contribution in [-0.4, -0.2) is 14.8 Å². The zero-order valence-electron chi connectivity index (χ0n) is 15.7. The number of rotatable bonds is 6. The highest BCUT2D eigenvalue weighted by Crippen LogP contribution is 2.28. The van der Waals surface area contributed by atoms with Gasteiger partial charge in [-0.05, 0) is 47.0 Å². The Labute approximate surface area is 173 Å². The molecule has 0 saturated carbocycles. The zero-order chi connectivity index (χ0) is 19.5. The highest BCUT2D eigenvalue weighted by Gasteiger charge is 2.11. The van der Waals surface area contributed by atoms with Crippen molar-refractivity contribution in [1.82, 2.24) is 14.8 Å². The third-order valence-electron chi connectivity index (χ3n) is 4.71. The Balaban J connectivity index is 1.43. The molecule has 4 aromatic rings. The van der Waals surface area contributed by atoms with E-state index < -0.39 is 0 Å². The second-order valence-corrected chi connectivity index (χ2v) is 7.95. The molecule has 0 radical (unpaired) electrons. The first-order chi connectivity index (χ1) is 13.6. The fourth-order valence-electron chi connectivity index (χ4n) is 3.03. The minimum absolute atomic E-state index is 0.379. The maximum Gasteiger partial charge on any atom is 0.191 e. The SMILES string of the molecule is Cc1c(OCc2nnc(SCc3ccc(Cl)cc3)n2C)ccc2ccccc12. The van der Waals surface area contributed by atoms with Gasteiger partial charge in [0.25, 0.3) is 0 Å². The summed E-state index contributed by atoms with van der Waals surface area (Å²) in [6, 6.07) is 20.3. The third-order valence-corrected chi connectivity index (χ3v) is 6.06. The number of hydrogen-bond donors (Lipinski definition) is 0. The predicted molar refractivity (Wildman–Crippen MR) is 115 cm³/mol. The summed E-state index contributed by atoms with van der Waals surface area (Å²) in [5.41, 5.74) is 2.33. The summed E-state index contributed by atoms with van der Waals surface area (Å²) >= 11 is 7.58. The molecule has 0 unspecified atom stereocenters. The van der Waals surface area contributed by atoms with E-state index >= 15 is 0 Å². The van der Waals surface area contributed by atoms with E-state index in [4.69, 9.17) is 16.3 Å². The number of aromatic nitrogens is 3. The van der Waals surface area contributed by atoms with Crippen LogP contribution in [0.25, 0.3) is 10.8 Å². The molecule has 4 nitrogen and oxygen atoms in total. The normalized spacial score (nSPS) is 11.1. The van der Waals surface area contributed by atoms with E-state index in [1.807, 2.05) is 54.1 Å². The average molecular weight is 410 g/mol. The molecule has 0 aliphatic rings. The molecule has 3 aromatic carbocycles. The Morgan fingerprint density at radius 3 is 2.61 bits per heavy atom. The highest BCUT2D eigenvalue weighted by atomic mass is 35.5. The third kappa shape index (κ3) is 4.01. The monoisotopic (exact) mass is 409 g/mol. The van der Waals surface area contributed by atoms with Crippen LogP contribution in [-0.2, 0) is 19.4 Å². The van der Waals surface area contributed by atoms with Gasteiger partial charge in [0, 0.05) is 17.8 Å². The smallest absolute Gasteiger partial charge is 0.191 e. The number of thioether (sulfide) groups is 1. The fraction of sp³-hybridized carbons (Fsp3) is 0.182. The standard InChI is InChI=1S/C22H20ClN3OS/c1-15-19-6-4-3-5-17(19)9-12-20(15)27-13-21-24-25-22(26(21)2)28-14-16-7-10-18(23)11-8-16/h3-12H,13-14H2,1-2H3. The minimum Gasteiger partial charge on any atom is -0.485 e. The second-order valence-electron chi connectivity index (χ2n) is 6.57. The lowest BCUT2D eigenvalue weighted by atomic mass is 10.0. The van der Waals surface area contributed by atoms with Crippen LogP contribution in [0.2, 0.25) is 5.02 Å². The van der Waals surface area contributed by atoms with Crippen molar-refractivity contribution in [2.75, 3.05) is 0 Å². The number of halogens is 1. The van der Waals surface area contributed by atoms with Crippen LogP contribution >= 0.6 is 23.4 Å². The molecular weight excluding hydrogens is 390 g/mol. The van der Waals surface area contributed by atoms with Crippen molar-refractivity contribution in [3.05, 3.63) is 82.6 Å². The number of aryl methyl sites for hydroxylation is 1. The molecule has 1 heterocycles. The minimum atomic E-state index is 0.379. The molecule has 1 aromatic heterocycles. The summed E-state index contributed by atoms with van der Waals surface area (Å²) in [4.78, 5) is 0. The summed E-state index contributed by atoms with van der Waals surface area (Å²) in [5.74, 6) is 2.48. The summed E-state index contributed by atoms with van der Waals surface area (Å²) < 4.78 is 8.04. The number of hydrogen-bond acceptors (Lipinski definition) is 4. The summed E-state index contributed by atoms with van der Waals surface area (Å²) in [5, 5.41) is 12.6. The van der Waals surface area contributed by atoms with Crippen LogP contribution in [0.1, 0.15) is 17.0 Å². The summed E-state index contributed by atoms with van der Waals surface area (Å²) in [7, 11) is 1.97. The van der Waals surface area contributed by atoms with Gasteiger partial charge in [0.05, 0.1) is 0 Å². The molecule has 0 aliphatic carbocycles. The van der Waals surface area contributed by atoms with Crippen LogP contribution in [0, 0.1) is 6.92 Å². The van der Waals surface area contributed by atoms with Crippen molar-refractivity contribution in [2.45, 2.75) is 24.4 Å². The molecule has 28 heavy (non-hydrogen) atoms. The first-order valence-corrected chi connectivity index (χ1v) is 10.3. The largest absolute Gasteiger partial charge is 0.485 e. The first-order valence-electron chi connectivity index (χ1n) is 8.98. The van der Waals surface area contributed by atoms with Crippen LogP contribution in [0.15, 0.2) is 65.8 Å². The lowest BCUT2D eigenvalue weighted by molar-refractivity contribution is 0.289. The quantitative estimate of drug-likeness (QED) is 0.377. The van der Waals surface area contributed by atoms with Crippen molar-refractivity contribution in [2.24, 2.45) is 7.05 Å². The van der Waals surface area contributed by atoms with Gasteiger partial charge in [-0.15, -0.1) is 10.2 Å². The van der Waals surface area contributed by atoms with Gasteiger partial charge >= 0.3 is 0 Å². The number of benzene rings is 3. The maximum absolute atomic E-state index is 6.05. The van der Waals surface area contributed by atoms with Crippen LogP contribution < -0.4 is 4.74 Å². The maximum atomic E-state index is 6.05. The van der Waals surface area contributed by atoms with E-state index in [0.717, 1.165) is 33.1 Å². The van der Waals surface area contributed by atoms with E-state index in [2.05, 4.69) is 35.3 Å². The van der Waals surface area contributed by atoms with Gasteiger partial charge in [-0.3, -0.25) is 0 Å². The Morgan fingerprint density at radius 1 is 1.00 bits per heavy atom. The molecule has 0 atom stereocenters. The Morgan fingerprint density at radius 2 is 1.79 bits per heavy atom. The molecule has 0 aliphatic heterocycles. The lowest BCUT2D eigenvalue weighted by Gasteiger charge is -2.11. The van der Waals surface area contributed by atoms with Gasteiger partial charge in [-0.25, -0.2) is 0 Å². The molecule has 142 valence electrons. The molecule has 0 N–H and O–H groups in total. The molecule has 0 fully saturated rings. The molecule has 0 saturated heterocycles. The summed E-state index contributed by atoms with van der Waals surface area (Å²) in [6.07, 6.45) is 0. The van der Waals surface area contributed by atoms with Crippen molar-refractivity contribution in [1.29, 1.82) is 0 Å². The van der Waals surface area contributed by atoms with Gasteiger partial charge < -0.3 is 9.30 Å². The van der Waals surface area contributed by atoms with E-state index in [1.165, 1.54) is 16.3 Å². The van der Waals surface area contributed by atoms with Crippen LogP contribution in [0.4, 0.5) is 0 Å². The van der Waals surface area contributed by atoms with Crippen LogP contribution in [0.5, 0.6) is 5.75 Å². The molecule has 0 spiro atoms. The average Bonchev–Trinajstić information content (AvgIpc) is 3.07. The van der Waals surface area contributed by atoms with E-state index in [-0.39, 0.29) is 0 Å². The van der Waals surface area contributed by atoms with E-state index in [1.54, 1.807) is 11.8 Å². The van der Waals surface area contributed by atoms with Gasteiger partial charge in [0.15, 0.2) is 11.0 Å². The number of nitrogens with zero attached hydrogens (tertiary/aromatic N) is 3. The van der Waals surface area contributed by atoms with Gasteiger partial charge in [-0.1, -0.05) is 65.8 Å². The highest BCUT2D eigenvalue weighted by molar-refractivity contribution is 7.98. The van der Waals surface area contributed by atoms with Crippen molar-refractivity contribution in [3.8, 4) is 5.75 Å². The summed E-state index contributed by atoms with van der Waals surface area (Å²) in [6.45, 7) is 2.46. The van der Waals surface area contributed by atoms with Gasteiger partial charge in [0.2, 0.25) is 0 Å². The fourth-order valence-corrected chi connectivity index (χ4v) is 4.04. The second kappa shape index (κ2) is 8.25. The Hall–Kier alpha value is -2.50. The lowest BCUT2D eigenvalue weighted by Crippen LogP contribution is -2.05. The topological polar surface area (TPSA) is 39.9 Å². The van der Waals surface area contributed by atoms with Crippen molar-refractivity contribution >= 4 is 34.1 Å². The van der Waals surface area contributed by atoms with Crippen molar-refractivity contribution < 1.29 is 4.74 Å². The molecular formula is C22H20ClN3OS.